The Morgan fingerprint density at radius 1 is 1.43 bits per heavy atom. The Kier molecular flexibility index (Phi) is 6.98. The summed E-state index contributed by atoms with van der Waals surface area (Å²) < 4.78 is 10.3. The highest BCUT2D eigenvalue weighted by Crippen LogP contribution is 2.26. The van der Waals surface area contributed by atoms with Gasteiger partial charge >= 0.3 is 0 Å². The molecule has 0 fully saturated rings. The van der Waals surface area contributed by atoms with Crippen LogP contribution in [-0.2, 0) is 9.53 Å². The molecule has 6 nitrogen and oxygen atoms in total. The molecule has 0 bridgehead atoms. The standard InChI is InChI=1S/C15H25N3O3/c1-5-18(11(2)10-20-3)9-15(19)17-13-8-12(16)6-7-14(13)21-4/h6-8,11H,5,9-10,16H2,1-4H3,(H,17,19). The number of amides is 1. The minimum absolute atomic E-state index is 0.108. The fourth-order valence-corrected chi connectivity index (χ4v) is 2.12. The van der Waals surface area contributed by atoms with Crippen molar-refractivity contribution in [2.75, 3.05) is 45.0 Å². The smallest absolute Gasteiger partial charge is 0.238 e. The van der Waals surface area contributed by atoms with Crippen molar-refractivity contribution in [3.8, 4) is 5.75 Å². The predicted molar refractivity (Wildman–Crippen MR) is 84.6 cm³/mol. The van der Waals surface area contributed by atoms with E-state index in [0.29, 0.717) is 30.3 Å². The number of hydrogen-bond acceptors (Lipinski definition) is 5. The minimum atomic E-state index is -0.108. The zero-order valence-corrected chi connectivity index (χ0v) is 13.2. The van der Waals surface area contributed by atoms with Crippen LogP contribution >= 0.6 is 0 Å². The zero-order chi connectivity index (χ0) is 15.8. The first-order chi connectivity index (χ1) is 10.0. The van der Waals surface area contributed by atoms with Gasteiger partial charge in [0.2, 0.25) is 5.91 Å². The molecular formula is C15H25N3O3. The molecule has 0 radical (unpaired) electrons. The van der Waals surface area contributed by atoms with Gasteiger partial charge in [-0.05, 0) is 31.7 Å². The van der Waals surface area contributed by atoms with Crippen LogP contribution in [0.25, 0.3) is 0 Å². The summed E-state index contributed by atoms with van der Waals surface area (Å²) in [5, 5.41) is 2.84. The van der Waals surface area contributed by atoms with Gasteiger partial charge in [-0.25, -0.2) is 0 Å². The first kappa shape index (κ1) is 17.3. The monoisotopic (exact) mass is 295 g/mol. The summed E-state index contributed by atoms with van der Waals surface area (Å²) in [5.74, 6) is 0.481. The number of nitrogens with two attached hydrogens (primary N) is 1. The highest BCUT2D eigenvalue weighted by Gasteiger charge is 2.16. The van der Waals surface area contributed by atoms with Gasteiger partial charge in [0, 0.05) is 18.8 Å². The number of methoxy groups -OCH3 is 2. The van der Waals surface area contributed by atoms with Crippen molar-refractivity contribution >= 4 is 17.3 Å². The Bertz CT molecular complexity index is 465. The SMILES string of the molecule is CCN(CC(=O)Nc1cc(N)ccc1OC)C(C)COC. The quantitative estimate of drug-likeness (QED) is 0.712. The summed E-state index contributed by atoms with van der Waals surface area (Å²) in [5.41, 5.74) is 6.90. The Labute approximate surface area is 126 Å². The van der Waals surface area contributed by atoms with Crippen LogP contribution in [0.3, 0.4) is 0 Å². The van der Waals surface area contributed by atoms with Crippen molar-refractivity contribution in [1.29, 1.82) is 0 Å². The van der Waals surface area contributed by atoms with E-state index in [-0.39, 0.29) is 11.9 Å². The molecule has 6 heteroatoms. The van der Waals surface area contributed by atoms with Gasteiger partial charge in [0.05, 0.1) is 25.9 Å². The van der Waals surface area contributed by atoms with E-state index in [1.165, 1.54) is 0 Å². The van der Waals surface area contributed by atoms with Crippen LogP contribution in [0, 0.1) is 0 Å². The molecule has 0 aliphatic rings. The van der Waals surface area contributed by atoms with Crippen molar-refractivity contribution in [1.82, 2.24) is 4.90 Å². The molecule has 21 heavy (non-hydrogen) atoms. The topological polar surface area (TPSA) is 76.8 Å². The molecular weight excluding hydrogens is 270 g/mol. The maximum atomic E-state index is 12.2. The van der Waals surface area contributed by atoms with Gasteiger partial charge in [0.25, 0.3) is 0 Å². The lowest BCUT2D eigenvalue weighted by atomic mass is 10.2. The predicted octanol–water partition coefficient (Wildman–Crippen LogP) is 1.57. The lowest BCUT2D eigenvalue weighted by Gasteiger charge is -2.26. The second-order valence-electron chi connectivity index (χ2n) is 4.88. The van der Waals surface area contributed by atoms with Crippen molar-refractivity contribution < 1.29 is 14.3 Å². The summed E-state index contributed by atoms with van der Waals surface area (Å²) in [6, 6.07) is 5.32. The van der Waals surface area contributed by atoms with E-state index < -0.39 is 0 Å². The maximum absolute atomic E-state index is 12.2. The van der Waals surface area contributed by atoms with Crippen LogP contribution in [0.5, 0.6) is 5.75 Å². The van der Waals surface area contributed by atoms with E-state index in [0.717, 1.165) is 6.54 Å². The van der Waals surface area contributed by atoms with E-state index in [9.17, 15) is 4.79 Å². The molecule has 0 aromatic heterocycles. The third-order valence-corrected chi connectivity index (χ3v) is 3.28. The molecule has 0 heterocycles. The van der Waals surface area contributed by atoms with Crippen LogP contribution in [0.15, 0.2) is 18.2 Å². The molecule has 0 saturated heterocycles. The van der Waals surface area contributed by atoms with Gasteiger partial charge in [-0.2, -0.15) is 0 Å². The van der Waals surface area contributed by atoms with Gasteiger partial charge < -0.3 is 20.5 Å². The van der Waals surface area contributed by atoms with Gasteiger partial charge in [-0.3, -0.25) is 9.69 Å². The molecule has 0 aliphatic carbocycles. The number of nitrogens with zero attached hydrogens (tertiary/aromatic N) is 1. The molecule has 1 unspecified atom stereocenters. The number of carbonyl (C=O) groups is 1. The molecule has 0 spiro atoms. The summed E-state index contributed by atoms with van der Waals surface area (Å²) >= 11 is 0. The first-order valence-corrected chi connectivity index (χ1v) is 6.98. The number of rotatable bonds is 8. The highest BCUT2D eigenvalue weighted by atomic mass is 16.5. The van der Waals surface area contributed by atoms with Crippen LogP contribution < -0.4 is 15.8 Å². The van der Waals surface area contributed by atoms with E-state index in [4.69, 9.17) is 15.2 Å². The fourth-order valence-electron chi connectivity index (χ4n) is 2.12. The van der Waals surface area contributed by atoms with Crippen molar-refractivity contribution in [3.63, 3.8) is 0 Å². The molecule has 0 saturated carbocycles. The van der Waals surface area contributed by atoms with Crippen LogP contribution in [0.4, 0.5) is 11.4 Å². The molecule has 1 rings (SSSR count). The highest BCUT2D eigenvalue weighted by molar-refractivity contribution is 5.94. The Hall–Kier alpha value is -1.79. The fraction of sp³-hybridized carbons (Fsp3) is 0.533. The number of nitrogens with one attached hydrogen (secondary N) is 1. The third-order valence-electron chi connectivity index (χ3n) is 3.28. The second kappa shape index (κ2) is 8.49. The van der Waals surface area contributed by atoms with E-state index in [2.05, 4.69) is 5.32 Å². The van der Waals surface area contributed by atoms with E-state index in [1.807, 2.05) is 18.7 Å². The normalized spacial score (nSPS) is 12.2. The van der Waals surface area contributed by atoms with Crippen LogP contribution in [0.1, 0.15) is 13.8 Å². The molecule has 1 aromatic rings. The maximum Gasteiger partial charge on any atom is 0.238 e. The molecule has 118 valence electrons. The van der Waals surface area contributed by atoms with Gasteiger partial charge in [-0.1, -0.05) is 6.92 Å². The molecule has 1 atom stereocenters. The van der Waals surface area contributed by atoms with Crippen molar-refractivity contribution in [2.24, 2.45) is 0 Å². The van der Waals surface area contributed by atoms with E-state index >= 15 is 0 Å². The van der Waals surface area contributed by atoms with E-state index in [1.54, 1.807) is 32.4 Å². The Balaban J connectivity index is 2.70. The third kappa shape index (κ3) is 5.24. The Morgan fingerprint density at radius 3 is 2.71 bits per heavy atom. The van der Waals surface area contributed by atoms with Gasteiger partial charge in [0.1, 0.15) is 5.75 Å². The minimum Gasteiger partial charge on any atom is -0.495 e. The number of likely N-dealkylation sites (N-methyl/N-ethyl adjacent to an activating group) is 1. The number of benzene rings is 1. The van der Waals surface area contributed by atoms with Crippen molar-refractivity contribution in [3.05, 3.63) is 18.2 Å². The molecule has 0 aliphatic heterocycles. The first-order valence-electron chi connectivity index (χ1n) is 6.98. The van der Waals surface area contributed by atoms with Gasteiger partial charge in [0.15, 0.2) is 0 Å². The molecule has 3 N–H and O–H groups in total. The average molecular weight is 295 g/mol. The number of carbonyl (C=O) groups excluding carboxylic acids is 1. The summed E-state index contributed by atoms with van der Waals surface area (Å²) in [4.78, 5) is 14.2. The summed E-state index contributed by atoms with van der Waals surface area (Å²) in [6.07, 6.45) is 0. The number of ether oxygens (including phenoxy) is 2. The summed E-state index contributed by atoms with van der Waals surface area (Å²) in [7, 11) is 3.21. The number of anilines is 2. The Morgan fingerprint density at radius 2 is 2.14 bits per heavy atom. The molecule has 1 aromatic carbocycles. The van der Waals surface area contributed by atoms with Crippen LogP contribution in [-0.4, -0.2) is 50.8 Å². The molecule has 1 amide bonds. The van der Waals surface area contributed by atoms with Gasteiger partial charge in [-0.15, -0.1) is 0 Å². The van der Waals surface area contributed by atoms with Crippen molar-refractivity contribution in [2.45, 2.75) is 19.9 Å². The number of nitrogen functional groups attached to an aromatic ring is 1. The lowest BCUT2D eigenvalue weighted by Crippen LogP contribution is -2.41. The summed E-state index contributed by atoms with van der Waals surface area (Å²) in [6.45, 7) is 5.69. The number of hydrogen-bond donors (Lipinski definition) is 2. The lowest BCUT2D eigenvalue weighted by molar-refractivity contribution is -0.118. The second-order valence-corrected chi connectivity index (χ2v) is 4.88. The largest absolute Gasteiger partial charge is 0.495 e. The zero-order valence-electron chi connectivity index (χ0n) is 13.2. The van der Waals surface area contributed by atoms with Crippen LogP contribution in [0.2, 0.25) is 0 Å². The average Bonchev–Trinajstić information content (AvgIpc) is 2.45.